The van der Waals surface area contributed by atoms with Gasteiger partial charge in [0.05, 0.1) is 12.2 Å². The summed E-state index contributed by atoms with van der Waals surface area (Å²) in [4.78, 5) is 50.7. The normalized spacial score (nSPS) is 20.1. The van der Waals surface area contributed by atoms with Gasteiger partial charge in [0.1, 0.15) is 5.69 Å². The number of aliphatic carboxylic acids is 3. The van der Waals surface area contributed by atoms with Crippen LogP contribution in [0.3, 0.4) is 0 Å². The molecule has 3 aliphatic heterocycles. The predicted octanol–water partition coefficient (Wildman–Crippen LogP) is 3.30. The average molecular weight is 701 g/mol. The van der Waals surface area contributed by atoms with E-state index in [4.69, 9.17) is 34.4 Å². The summed E-state index contributed by atoms with van der Waals surface area (Å²) >= 11 is 0. The molecule has 3 aliphatic rings. The highest BCUT2D eigenvalue weighted by Gasteiger charge is 2.45. The van der Waals surface area contributed by atoms with Crippen LogP contribution in [0.25, 0.3) is 0 Å². The Labute approximate surface area is 261 Å². The molecule has 1 aromatic rings. The van der Waals surface area contributed by atoms with E-state index in [1.54, 1.807) is 0 Å². The van der Waals surface area contributed by atoms with Crippen LogP contribution >= 0.6 is 0 Å². The summed E-state index contributed by atoms with van der Waals surface area (Å²) in [5, 5.41) is 21.4. The number of rotatable bonds is 2. The van der Waals surface area contributed by atoms with Crippen LogP contribution in [-0.4, -0.2) is 142 Å². The zero-order valence-electron chi connectivity index (χ0n) is 25.0. The molecule has 21 heteroatoms. The fraction of sp³-hybridized carbons (Fsp3) is 0.654. The van der Waals surface area contributed by atoms with E-state index in [1.165, 1.54) is 0 Å². The van der Waals surface area contributed by atoms with E-state index >= 15 is 0 Å². The zero-order valence-corrected chi connectivity index (χ0v) is 25.0. The molecular formula is C26H33F9N4O8. The molecule has 3 N–H and O–H groups in total. The molecule has 1 amide bonds. The molecule has 1 aromatic heterocycles. The van der Waals surface area contributed by atoms with Gasteiger partial charge in [-0.05, 0) is 45.4 Å². The van der Waals surface area contributed by atoms with Crippen LogP contribution in [0.1, 0.15) is 35.4 Å². The van der Waals surface area contributed by atoms with Gasteiger partial charge in [-0.25, -0.2) is 19.4 Å². The number of aryl methyl sites for hydroxylation is 1. The lowest BCUT2D eigenvalue weighted by Gasteiger charge is -2.39. The van der Waals surface area contributed by atoms with Gasteiger partial charge in [-0.2, -0.15) is 39.5 Å². The number of carboxylic acid groups (broad SMARTS) is 3. The van der Waals surface area contributed by atoms with Gasteiger partial charge in [0.2, 0.25) is 0 Å². The monoisotopic (exact) mass is 700 g/mol. The molecule has 3 saturated heterocycles. The first-order valence-electron chi connectivity index (χ1n) is 13.6. The molecule has 47 heavy (non-hydrogen) atoms. The van der Waals surface area contributed by atoms with Crippen molar-refractivity contribution in [1.82, 2.24) is 19.7 Å². The third-order valence-corrected chi connectivity index (χ3v) is 7.04. The second-order valence-corrected chi connectivity index (χ2v) is 10.6. The van der Waals surface area contributed by atoms with Crippen molar-refractivity contribution in [3.8, 4) is 0 Å². The van der Waals surface area contributed by atoms with E-state index in [1.807, 2.05) is 30.0 Å². The maximum atomic E-state index is 12.7. The van der Waals surface area contributed by atoms with E-state index in [0.717, 1.165) is 70.8 Å². The Bertz CT molecular complexity index is 1150. The fourth-order valence-electron chi connectivity index (χ4n) is 4.53. The van der Waals surface area contributed by atoms with Gasteiger partial charge in [0.15, 0.2) is 0 Å². The maximum Gasteiger partial charge on any atom is 0.490 e. The Morgan fingerprint density at radius 1 is 0.787 bits per heavy atom. The van der Waals surface area contributed by atoms with Crippen LogP contribution < -0.4 is 0 Å². The van der Waals surface area contributed by atoms with E-state index in [-0.39, 0.29) is 11.5 Å². The molecule has 1 spiro atoms. The standard InChI is InChI=1S/C20H30N4O2.3C2HF3O2/c1-16-4-3-5-18(21-16)19(25)24-8-6-20(7-9-24)14-17(15-26-20)23-12-10-22(2)11-13-23;3*3-2(4,5)1(6)7/h3-5,17H,6-15H2,1-2H3;3*(H,6,7). The first kappa shape index (κ1) is 41.3. The Hall–Kier alpha value is -3.72. The van der Waals surface area contributed by atoms with Crippen molar-refractivity contribution < 1.29 is 78.7 Å². The number of piperazine rings is 1. The summed E-state index contributed by atoms with van der Waals surface area (Å²) in [6.07, 6.45) is -12.3. The van der Waals surface area contributed by atoms with Gasteiger partial charge in [0, 0.05) is 51.0 Å². The second-order valence-electron chi connectivity index (χ2n) is 10.6. The van der Waals surface area contributed by atoms with E-state index in [2.05, 4.69) is 21.8 Å². The third kappa shape index (κ3) is 14.3. The molecule has 0 aromatic carbocycles. The number of pyridine rings is 1. The minimum atomic E-state index is -5.08. The number of alkyl halides is 9. The van der Waals surface area contributed by atoms with Crippen molar-refractivity contribution in [3.63, 3.8) is 0 Å². The molecule has 0 radical (unpaired) electrons. The smallest absolute Gasteiger partial charge is 0.475 e. The number of carboxylic acids is 3. The van der Waals surface area contributed by atoms with E-state index in [0.29, 0.717) is 11.7 Å². The topological polar surface area (TPSA) is 161 Å². The number of likely N-dealkylation sites (N-methyl/N-ethyl adjacent to an activating group) is 1. The number of nitrogens with zero attached hydrogens (tertiary/aromatic N) is 4. The largest absolute Gasteiger partial charge is 0.490 e. The lowest BCUT2D eigenvalue weighted by atomic mass is 9.87. The highest BCUT2D eigenvalue weighted by atomic mass is 19.4. The highest BCUT2D eigenvalue weighted by Crippen LogP contribution is 2.38. The fourth-order valence-corrected chi connectivity index (χ4v) is 4.53. The first-order chi connectivity index (χ1) is 21.4. The van der Waals surface area contributed by atoms with E-state index in [9.17, 15) is 44.3 Å². The molecule has 4 heterocycles. The van der Waals surface area contributed by atoms with Crippen molar-refractivity contribution in [2.24, 2.45) is 0 Å². The van der Waals surface area contributed by atoms with Gasteiger partial charge < -0.3 is 29.9 Å². The van der Waals surface area contributed by atoms with Crippen LogP contribution in [-0.2, 0) is 19.1 Å². The van der Waals surface area contributed by atoms with Crippen molar-refractivity contribution >= 4 is 23.8 Å². The molecule has 0 bridgehead atoms. The highest BCUT2D eigenvalue weighted by molar-refractivity contribution is 5.92. The number of hydrogen-bond acceptors (Lipinski definition) is 8. The molecule has 1 unspecified atom stereocenters. The van der Waals surface area contributed by atoms with Crippen molar-refractivity contribution in [2.45, 2.75) is 56.4 Å². The summed E-state index contributed by atoms with van der Waals surface area (Å²) in [6, 6.07) is 6.19. The number of ether oxygens (including phenoxy) is 1. The summed E-state index contributed by atoms with van der Waals surface area (Å²) < 4.78 is 102. The van der Waals surface area contributed by atoms with Gasteiger partial charge in [-0.15, -0.1) is 0 Å². The molecule has 268 valence electrons. The zero-order chi connectivity index (χ0) is 36.4. The van der Waals surface area contributed by atoms with Crippen molar-refractivity contribution in [1.29, 1.82) is 0 Å². The summed E-state index contributed by atoms with van der Waals surface area (Å²) in [5.74, 6) is -8.22. The average Bonchev–Trinajstić information content (AvgIpc) is 3.36. The lowest BCUT2D eigenvalue weighted by molar-refractivity contribution is -0.193. The Morgan fingerprint density at radius 3 is 1.60 bits per heavy atom. The molecule has 4 rings (SSSR count). The van der Waals surface area contributed by atoms with Gasteiger partial charge >= 0.3 is 36.4 Å². The molecule has 0 saturated carbocycles. The van der Waals surface area contributed by atoms with Crippen LogP contribution in [0, 0.1) is 6.92 Å². The number of likely N-dealkylation sites (tertiary alicyclic amines) is 1. The summed E-state index contributed by atoms with van der Waals surface area (Å²) in [5.41, 5.74) is 1.42. The van der Waals surface area contributed by atoms with E-state index < -0.39 is 36.4 Å². The molecular weight excluding hydrogens is 667 g/mol. The minimum Gasteiger partial charge on any atom is -0.475 e. The van der Waals surface area contributed by atoms with Crippen LogP contribution in [0.15, 0.2) is 18.2 Å². The minimum absolute atomic E-state index is 0.0230. The molecule has 0 aliphatic carbocycles. The van der Waals surface area contributed by atoms with Gasteiger partial charge in [-0.3, -0.25) is 9.69 Å². The predicted molar refractivity (Wildman–Crippen MR) is 141 cm³/mol. The second kappa shape index (κ2) is 16.9. The third-order valence-electron chi connectivity index (χ3n) is 7.04. The number of hydrogen-bond donors (Lipinski definition) is 3. The number of amides is 1. The SMILES string of the molecule is Cc1cccc(C(=O)N2CCC3(CC2)CC(N2CCN(C)CC2)CO3)n1.O=C(O)C(F)(F)F.O=C(O)C(F)(F)F.O=C(O)C(F)(F)F. The van der Waals surface area contributed by atoms with Gasteiger partial charge in [-0.1, -0.05) is 6.07 Å². The lowest BCUT2D eigenvalue weighted by Crippen LogP contribution is -2.50. The van der Waals surface area contributed by atoms with Crippen LogP contribution in [0.4, 0.5) is 39.5 Å². The first-order valence-corrected chi connectivity index (χ1v) is 13.6. The number of halogens is 9. The molecule has 12 nitrogen and oxygen atoms in total. The molecule has 3 fully saturated rings. The molecule has 1 atom stereocenters. The summed E-state index contributed by atoms with van der Waals surface area (Å²) in [6.45, 7) is 8.89. The summed E-state index contributed by atoms with van der Waals surface area (Å²) in [7, 11) is 2.19. The maximum absolute atomic E-state index is 12.7. The quantitative estimate of drug-likeness (QED) is 0.389. The van der Waals surface area contributed by atoms with Gasteiger partial charge in [0.25, 0.3) is 5.91 Å². The Kier molecular flexibility index (Phi) is 14.9. The van der Waals surface area contributed by atoms with Crippen molar-refractivity contribution in [3.05, 3.63) is 29.6 Å². The Balaban J connectivity index is 0.000000430. The van der Waals surface area contributed by atoms with Crippen LogP contribution in [0.5, 0.6) is 0 Å². The Morgan fingerprint density at radius 2 is 1.21 bits per heavy atom. The van der Waals surface area contributed by atoms with Crippen molar-refractivity contribution in [2.75, 3.05) is 52.9 Å². The number of aromatic nitrogens is 1. The number of carbonyl (C=O) groups excluding carboxylic acids is 1. The number of carbonyl (C=O) groups is 4. The number of piperidine rings is 1. The van der Waals surface area contributed by atoms with Crippen LogP contribution in [0.2, 0.25) is 0 Å².